The number of aromatic nitrogens is 1. The van der Waals surface area contributed by atoms with E-state index in [1.807, 2.05) is 19.2 Å². The van der Waals surface area contributed by atoms with Crippen molar-refractivity contribution >= 4 is 18.0 Å². The molecule has 1 fully saturated rings. The third-order valence-electron chi connectivity index (χ3n) is 6.30. The number of rotatable bonds is 8. The molecular weight excluding hydrogens is 420 g/mol. The maximum absolute atomic E-state index is 12.8. The maximum Gasteiger partial charge on any atom is 0.287 e. The third kappa shape index (κ3) is 5.50. The molecule has 3 heterocycles. The Labute approximate surface area is 193 Å². The molecule has 174 valence electrons. The van der Waals surface area contributed by atoms with Crippen LogP contribution in [0.5, 0.6) is 5.75 Å². The zero-order valence-corrected chi connectivity index (χ0v) is 19.1. The van der Waals surface area contributed by atoms with Crippen LogP contribution in [0, 0.1) is 5.92 Å². The normalized spacial score (nSPS) is 17.2. The second-order valence-corrected chi connectivity index (χ2v) is 8.50. The Kier molecular flexibility index (Phi) is 7.22. The quantitative estimate of drug-likeness (QED) is 0.635. The minimum atomic E-state index is -0.560. The van der Waals surface area contributed by atoms with Crippen LogP contribution in [-0.4, -0.2) is 42.7 Å². The molecule has 0 unspecified atom stereocenters. The van der Waals surface area contributed by atoms with Crippen molar-refractivity contribution in [3.05, 3.63) is 47.5 Å². The summed E-state index contributed by atoms with van der Waals surface area (Å²) in [6, 6.07) is 6.36. The fourth-order valence-corrected chi connectivity index (χ4v) is 4.31. The molecule has 0 saturated heterocycles. The van der Waals surface area contributed by atoms with Gasteiger partial charge >= 0.3 is 0 Å². The first-order valence-electron chi connectivity index (χ1n) is 11.5. The van der Waals surface area contributed by atoms with E-state index in [-0.39, 0.29) is 17.6 Å². The molecule has 0 spiro atoms. The Morgan fingerprint density at radius 2 is 2.00 bits per heavy atom. The predicted octanol–water partition coefficient (Wildman–Crippen LogP) is 3.89. The number of amides is 2. The number of hydrogen-bond donors (Lipinski definition) is 2. The molecule has 8 nitrogen and oxygen atoms in total. The highest BCUT2D eigenvalue weighted by molar-refractivity contribution is 5.96. The second kappa shape index (κ2) is 10.5. The van der Waals surface area contributed by atoms with Gasteiger partial charge in [0.2, 0.25) is 5.91 Å². The molecule has 2 amide bonds. The van der Waals surface area contributed by atoms with Gasteiger partial charge in [-0.1, -0.05) is 19.3 Å². The highest BCUT2D eigenvalue weighted by Gasteiger charge is 2.31. The third-order valence-corrected chi connectivity index (χ3v) is 6.30. The van der Waals surface area contributed by atoms with E-state index in [0.717, 1.165) is 43.4 Å². The van der Waals surface area contributed by atoms with E-state index in [1.165, 1.54) is 6.42 Å². The Morgan fingerprint density at radius 1 is 1.18 bits per heavy atom. The summed E-state index contributed by atoms with van der Waals surface area (Å²) in [6.45, 7) is 2.45. The number of hydrogen-bond acceptors (Lipinski definition) is 6. The fraction of sp³-hybridized carbons (Fsp3) is 0.440. The van der Waals surface area contributed by atoms with Crippen molar-refractivity contribution in [2.75, 3.05) is 13.7 Å². The van der Waals surface area contributed by atoms with Gasteiger partial charge in [-0.05, 0) is 55.5 Å². The van der Waals surface area contributed by atoms with Crippen LogP contribution in [0.3, 0.4) is 0 Å². The van der Waals surface area contributed by atoms with Crippen LogP contribution in [0.15, 0.2) is 51.1 Å². The van der Waals surface area contributed by atoms with Crippen LogP contribution in [0.1, 0.15) is 56.0 Å². The van der Waals surface area contributed by atoms with Crippen molar-refractivity contribution in [1.29, 1.82) is 0 Å². The van der Waals surface area contributed by atoms with Crippen molar-refractivity contribution in [3.63, 3.8) is 0 Å². The average Bonchev–Trinajstić information content (AvgIpc) is 3.51. The van der Waals surface area contributed by atoms with Gasteiger partial charge in [-0.15, -0.1) is 0 Å². The Balaban J connectivity index is 1.38. The number of nitrogens with one attached hydrogen (secondary N) is 2. The number of pyridine rings is 1. The van der Waals surface area contributed by atoms with Crippen LogP contribution >= 0.6 is 0 Å². The molecule has 1 saturated carbocycles. The van der Waals surface area contributed by atoms with E-state index >= 15 is 0 Å². The summed E-state index contributed by atoms with van der Waals surface area (Å²) in [7, 11) is 1.59. The molecule has 2 N–H and O–H groups in total. The van der Waals surface area contributed by atoms with Crippen LogP contribution in [0.25, 0.3) is 11.5 Å². The van der Waals surface area contributed by atoms with Gasteiger partial charge < -0.3 is 19.8 Å². The number of carbonyl (C=O) groups is 2. The van der Waals surface area contributed by atoms with Gasteiger partial charge in [-0.3, -0.25) is 14.6 Å². The lowest BCUT2D eigenvalue weighted by Gasteiger charge is -2.29. The Morgan fingerprint density at radius 3 is 2.67 bits per heavy atom. The van der Waals surface area contributed by atoms with E-state index in [9.17, 15) is 9.59 Å². The summed E-state index contributed by atoms with van der Waals surface area (Å²) in [5.74, 6) is 0.847. The van der Waals surface area contributed by atoms with E-state index in [0.29, 0.717) is 23.8 Å². The lowest BCUT2D eigenvalue weighted by atomic mass is 9.83. The van der Waals surface area contributed by atoms with Crippen LogP contribution in [-0.2, 0) is 4.79 Å². The molecular formula is C25H30N4O4. The molecule has 1 aliphatic heterocycles. The smallest absolute Gasteiger partial charge is 0.287 e. The number of ether oxygens (including phenoxy) is 1. The highest BCUT2D eigenvalue weighted by Crippen LogP contribution is 2.27. The zero-order valence-electron chi connectivity index (χ0n) is 19.1. The molecule has 4 rings (SSSR count). The largest absolute Gasteiger partial charge is 0.488 e. The molecule has 2 aromatic heterocycles. The van der Waals surface area contributed by atoms with Gasteiger partial charge in [0, 0.05) is 25.4 Å². The molecule has 33 heavy (non-hydrogen) atoms. The molecule has 1 aliphatic carbocycles. The molecule has 0 radical (unpaired) electrons. The van der Waals surface area contributed by atoms with E-state index in [1.54, 1.807) is 31.4 Å². The van der Waals surface area contributed by atoms with Crippen molar-refractivity contribution < 1.29 is 18.7 Å². The summed E-state index contributed by atoms with van der Waals surface area (Å²) in [5, 5.41) is 5.55. The molecule has 2 aromatic rings. The molecule has 1 atom stereocenters. The summed E-state index contributed by atoms with van der Waals surface area (Å²) in [5.41, 5.74) is 2.75. The van der Waals surface area contributed by atoms with Crippen LogP contribution in [0.4, 0.5) is 0 Å². The average molecular weight is 451 g/mol. The molecule has 0 aromatic carbocycles. The van der Waals surface area contributed by atoms with Gasteiger partial charge in [-0.2, -0.15) is 0 Å². The summed E-state index contributed by atoms with van der Waals surface area (Å²) in [4.78, 5) is 33.9. The first kappa shape index (κ1) is 22.8. The zero-order chi connectivity index (χ0) is 23.2. The minimum Gasteiger partial charge on any atom is -0.488 e. The van der Waals surface area contributed by atoms with Gasteiger partial charge in [0.1, 0.15) is 24.1 Å². The molecule has 0 bridgehead atoms. The fourth-order valence-electron chi connectivity index (χ4n) is 4.31. The first-order chi connectivity index (χ1) is 16.0. The standard InChI is InChI=1S/C25H30N4O4/c1-16-18(12-13-27-16)15-32-19-8-9-20(28-14-19)21-10-11-22(33-21)24(30)29-23(25(31)26-2)17-6-4-3-5-7-17/h8-11,13-14,17,23H,3-7,12,15H2,1-2H3,(H,26,31)(H,29,30)/t23-/m0/s1. The second-order valence-electron chi connectivity index (χ2n) is 8.50. The van der Waals surface area contributed by atoms with E-state index < -0.39 is 11.9 Å². The van der Waals surface area contributed by atoms with E-state index in [2.05, 4.69) is 20.6 Å². The number of nitrogens with zero attached hydrogens (tertiary/aromatic N) is 2. The van der Waals surface area contributed by atoms with Gasteiger partial charge in [0.05, 0.1) is 6.20 Å². The van der Waals surface area contributed by atoms with Gasteiger partial charge in [-0.25, -0.2) is 4.98 Å². The van der Waals surface area contributed by atoms with Crippen LogP contribution in [0.2, 0.25) is 0 Å². The molecule has 2 aliphatic rings. The predicted molar refractivity (Wildman–Crippen MR) is 125 cm³/mol. The lowest BCUT2D eigenvalue weighted by Crippen LogP contribution is -2.50. The topological polar surface area (TPSA) is 106 Å². The van der Waals surface area contributed by atoms with Crippen LogP contribution < -0.4 is 15.4 Å². The van der Waals surface area contributed by atoms with Crippen molar-refractivity contribution in [1.82, 2.24) is 15.6 Å². The summed E-state index contributed by atoms with van der Waals surface area (Å²) >= 11 is 0. The number of aliphatic imine (C=N–C) groups is 1. The van der Waals surface area contributed by atoms with Gasteiger partial charge in [0.15, 0.2) is 11.5 Å². The number of likely N-dealkylation sites (N-methyl/N-ethyl adjacent to an activating group) is 1. The number of allylic oxidation sites excluding steroid dienone is 1. The maximum atomic E-state index is 12.8. The van der Waals surface area contributed by atoms with E-state index in [4.69, 9.17) is 9.15 Å². The number of furan rings is 1. The minimum absolute atomic E-state index is 0.140. The Bertz CT molecular complexity index is 1050. The van der Waals surface area contributed by atoms with Crippen molar-refractivity contribution in [2.45, 2.75) is 51.5 Å². The summed E-state index contributed by atoms with van der Waals surface area (Å²) < 4.78 is 11.6. The monoisotopic (exact) mass is 450 g/mol. The van der Waals surface area contributed by atoms with Crippen molar-refractivity contribution in [3.8, 4) is 17.2 Å². The lowest BCUT2D eigenvalue weighted by molar-refractivity contribution is -0.124. The molecule has 8 heteroatoms. The SMILES string of the molecule is CNC(=O)[C@@H](NC(=O)c1ccc(-c2ccc(OCC3=C(C)N=CC3)cn2)o1)C1CCCCC1. The van der Waals surface area contributed by atoms with Gasteiger partial charge in [0.25, 0.3) is 5.91 Å². The Hall–Kier alpha value is -3.42. The first-order valence-corrected chi connectivity index (χ1v) is 11.5. The van der Waals surface area contributed by atoms with Crippen molar-refractivity contribution in [2.24, 2.45) is 10.9 Å². The number of carbonyl (C=O) groups excluding carboxylic acids is 2. The summed E-state index contributed by atoms with van der Waals surface area (Å²) in [6.07, 6.45) is 9.53. The highest BCUT2D eigenvalue weighted by atomic mass is 16.5.